The minimum atomic E-state index is 0.292. The summed E-state index contributed by atoms with van der Waals surface area (Å²) in [6.45, 7) is 6.27. The van der Waals surface area contributed by atoms with Crippen molar-refractivity contribution >= 4 is 5.78 Å². The second-order valence-corrected chi connectivity index (χ2v) is 7.63. The van der Waals surface area contributed by atoms with Crippen LogP contribution < -0.4 is 0 Å². The van der Waals surface area contributed by atoms with Crippen LogP contribution in [0.1, 0.15) is 103 Å². The third-order valence-electron chi connectivity index (χ3n) is 5.22. The van der Waals surface area contributed by atoms with Crippen LogP contribution in [0.2, 0.25) is 0 Å². The molecular weight excluding hydrogens is 316 g/mol. The van der Waals surface area contributed by atoms with Gasteiger partial charge in [-0.2, -0.15) is 0 Å². The van der Waals surface area contributed by atoms with Crippen LogP contribution in [0, 0.1) is 0 Å². The molecule has 0 atom stereocenters. The van der Waals surface area contributed by atoms with Gasteiger partial charge in [-0.25, -0.2) is 0 Å². The van der Waals surface area contributed by atoms with Crippen molar-refractivity contribution < 1.29 is 4.79 Å². The summed E-state index contributed by atoms with van der Waals surface area (Å²) in [7, 11) is 0. The maximum atomic E-state index is 12.4. The van der Waals surface area contributed by atoms with E-state index in [9.17, 15) is 4.79 Å². The Kier molecular flexibility index (Phi) is 12.9. The predicted octanol–water partition coefficient (Wildman–Crippen LogP) is 7.84. The molecular formula is C25H40O. The third kappa shape index (κ3) is 9.94. The molecule has 0 heterocycles. The van der Waals surface area contributed by atoms with Crippen molar-refractivity contribution in [2.75, 3.05) is 0 Å². The number of unbranched alkanes of at least 4 members (excludes halogenated alkanes) is 8. The summed E-state index contributed by atoms with van der Waals surface area (Å²) in [4.78, 5) is 12.4. The van der Waals surface area contributed by atoms with Crippen LogP contribution in [0.4, 0.5) is 0 Å². The molecule has 0 spiro atoms. The van der Waals surface area contributed by atoms with Gasteiger partial charge in [-0.1, -0.05) is 101 Å². The van der Waals surface area contributed by atoms with E-state index < -0.39 is 0 Å². The fourth-order valence-corrected chi connectivity index (χ4v) is 3.64. The predicted molar refractivity (Wildman–Crippen MR) is 115 cm³/mol. The van der Waals surface area contributed by atoms with Crippen LogP contribution in [-0.4, -0.2) is 5.78 Å². The van der Waals surface area contributed by atoms with Crippen LogP contribution >= 0.6 is 0 Å². The zero-order valence-corrected chi connectivity index (χ0v) is 17.5. The molecule has 0 fully saturated rings. The molecule has 0 amide bonds. The Morgan fingerprint density at radius 3 is 1.81 bits per heavy atom. The van der Waals surface area contributed by atoms with Gasteiger partial charge in [-0.15, -0.1) is 0 Å². The Labute approximate surface area is 162 Å². The van der Waals surface area contributed by atoms with E-state index in [1.807, 2.05) is 0 Å². The molecule has 1 rings (SSSR count). The van der Waals surface area contributed by atoms with Gasteiger partial charge in [0, 0.05) is 0 Å². The van der Waals surface area contributed by atoms with Crippen LogP contribution in [0.3, 0.4) is 0 Å². The van der Waals surface area contributed by atoms with Gasteiger partial charge in [-0.3, -0.25) is 4.79 Å². The van der Waals surface area contributed by atoms with E-state index in [2.05, 4.69) is 44.2 Å². The molecule has 26 heavy (non-hydrogen) atoms. The molecule has 1 heteroatoms. The topological polar surface area (TPSA) is 17.1 Å². The van der Waals surface area contributed by atoms with E-state index in [1.165, 1.54) is 68.9 Å². The zero-order chi connectivity index (χ0) is 19.0. The normalized spacial score (nSPS) is 12.1. The van der Waals surface area contributed by atoms with Crippen molar-refractivity contribution in [3.63, 3.8) is 0 Å². The van der Waals surface area contributed by atoms with E-state index in [4.69, 9.17) is 0 Å². The number of carbonyl (C=O) groups excluding carboxylic acids is 1. The highest BCUT2D eigenvalue weighted by Crippen LogP contribution is 2.24. The van der Waals surface area contributed by atoms with Gasteiger partial charge in [0.1, 0.15) is 0 Å². The number of Topliss-reactive ketones (excluding diaryl/α,β-unsaturated/α-hetero) is 1. The first kappa shape index (κ1) is 22.7. The quantitative estimate of drug-likeness (QED) is 0.231. The molecule has 1 aromatic rings. The van der Waals surface area contributed by atoms with Crippen molar-refractivity contribution in [1.82, 2.24) is 0 Å². The van der Waals surface area contributed by atoms with Crippen LogP contribution in [0.25, 0.3) is 0 Å². The highest BCUT2D eigenvalue weighted by atomic mass is 16.1. The maximum absolute atomic E-state index is 12.4. The molecule has 0 unspecified atom stereocenters. The van der Waals surface area contributed by atoms with Gasteiger partial charge in [0.15, 0.2) is 5.78 Å². The van der Waals surface area contributed by atoms with E-state index in [-0.39, 0.29) is 0 Å². The second-order valence-electron chi connectivity index (χ2n) is 7.63. The smallest absolute Gasteiger partial charge is 0.155 e. The first-order valence-corrected chi connectivity index (χ1v) is 10.9. The molecule has 0 bridgehead atoms. The first-order chi connectivity index (χ1) is 12.7. The minimum Gasteiger partial charge on any atom is -0.295 e. The first-order valence-electron chi connectivity index (χ1n) is 10.9. The number of hydrogen-bond acceptors (Lipinski definition) is 1. The summed E-state index contributed by atoms with van der Waals surface area (Å²) in [6.07, 6.45) is 15.7. The Balaban J connectivity index is 2.76. The summed E-state index contributed by atoms with van der Waals surface area (Å²) in [6, 6.07) is 10.7. The summed E-state index contributed by atoms with van der Waals surface area (Å²) < 4.78 is 0. The lowest BCUT2D eigenvalue weighted by molar-refractivity contribution is -0.113. The highest BCUT2D eigenvalue weighted by Gasteiger charge is 2.12. The summed E-state index contributed by atoms with van der Waals surface area (Å²) in [5, 5.41) is 0. The van der Waals surface area contributed by atoms with Gasteiger partial charge < -0.3 is 0 Å². The number of carbonyl (C=O) groups is 1. The van der Waals surface area contributed by atoms with Crippen LogP contribution in [0.5, 0.6) is 0 Å². The Bertz CT molecular complexity index is 512. The van der Waals surface area contributed by atoms with Crippen molar-refractivity contribution in [2.24, 2.45) is 0 Å². The minimum absolute atomic E-state index is 0.292. The van der Waals surface area contributed by atoms with Crippen molar-refractivity contribution in [1.29, 1.82) is 0 Å². The monoisotopic (exact) mass is 356 g/mol. The average Bonchev–Trinajstić information content (AvgIpc) is 2.64. The van der Waals surface area contributed by atoms with Crippen molar-refractivity contribution in [3.05, 3.63) is 47.0 Å². The van der Waals surface area contributed by atoms with E-state index in [0.29, 0.717) is 5.78 Å². The summed E-state index contributed by atoms with van der Waals surface area (Å²) in [5.41, 5.74) is 3.86. The van der Waals surface area contributed by atoms with Crippen LogP contribution in [-0.2, 0) is 11.2 Å². The molecule has 0 N–H and O–H groups in total. The van der Waals surface area contributed by atoms with Gasteiger partial charge >= 0.3 is 0 Å². The molecule has 146 valence electrons. The zero-order valence-electron chi connectivity index (χ0n) is 17.5. The Morgan fingerprint density at radius 1 is 0.731 bits per heavy atom. The SMILES string of the molecule is CCCCCCC/C(Cc1ccccc1)=C(/CCCCCCC)C(C)=O. The average molecular weight is 357 g/mol. The maximum Gasteiger partial charge on any atom is 0.155 e. The number of benzene rings is 1. The lowest BCUT2D eigenvalue weighted by Gasteiger charge is -2.15. The highest BCUT2D eigenvalue weighted by molar-refractivity contribution is 5.94. The fourth-order valence-electron chi connectivity index (χ4n) is 3.64. The van der Waals surface area contributed by atoms with Gasteiger partial charge in [0.2, 0.25) is 0 Å². The molecule has 0 aliphatic heterocycles. The van der Waals surface area contributed by atoms with Gasteiger partial charge in [-0.05, 0) is 50.2 Å². The van der Waals surface area contributed by atoms with E-state index >= 15 is 0 Å². The summed E-state index contributed by atoms with van der Waals surface area (Å²) >= 11 is 0. The third-order valence-corrected chi connectivity index (χ3v) is 5.22. The van der Waals surface area contributed by atoms with Crippen molar-refractivity contribution in [2.45, 2.75) is 104 Å². The fraction of sp³-hybridized carbons (Fsp3) is 0.640. The molecule has 0 saturated heterocycles. The molecule has 0 aliphatic carbocycles. The molecule has 1 nitrogen and oxygen atoms in total. The lowest BCUT2D eigenvalue weighted by atomic mass is 9.90. The standard InChI is InChI=1S/C25H40O/c1-4-6-8-10-15-19-24(21-23-17-13-12-14-18-23)25(22(3)26)20-16-11-9-7-5-2/h12-14,17-18H,4-11,15-16,19-21H2,1-3H3/b25-24+. The van der Waals surface area contributed by atoms with Crippen LogP contribution in [0.15, 0.2) is 41.5 Å². The largest absolute Gasteiger partial charge is 0.295 e. The van der Waals surface area contributed by atoms with Gasteiger partial charge in [0.05, 0.1) is 0 Å². The Morgan fingerprint density at radius 2 is 1.27 bits per heavy atom. The molecule has 0 radical (unpaired) electrons. The van der Waals surface area contributed by atoms with Crippen molar-refractivity contribution in [3.8, 4) is 0 Å². The molecule has 1 aromatic carbocycles. The number of hydrogen-bond donors (Lipinski definition) is 0. The molecule has 0 aliphatic rings. The summed E-state index contributed by atoms with van der Waals surface area (Å²) in [5.74, 6) is 0.292. The molecule has 0 saturated carbocycles. The van der Waals surface area contributed by atoms with Gasteiger partial charge in [0.25, 0.3) is 0 Å². The number of rotatable bonds is 15. The molecule has 0 aromatic heterocycles. The van der Waals surface area contributed by atoms with E-state index in [0.717, 1.165) is 31.3 Å². The number of ketones is 1. The second kappa shape index (κ2) is 14.8. The number of allylic oxidation sites excluding steroid dienone is 2. The lowest BCUT2D eigenvalue weighted by Crippen LogP contribution is -2.05. The Hall–Kier alpha value is -1.37. The van der Waals surface area contributed by atoms with E-state index in [1.54, 1.807) is 6.92 Å².